The van der Waals surface area contributed by atoms with Gasteiger partial charge < -0.3 is 5.11 Å². The lowest BCUT2D eigenvalue weighted by Crippen LogP contribution is -2.53. The summed E-state index contributed by atoms with van der Waals surface area (Å²) in [5.74, 6) is 2.16. The summed E-state index contributed by atoms with van der Waals surface area (Å²) >= 11 is 0. The van der Waals surface area contributed by atoms with Crippen LogP contribution in [0.25, 0.3) is 0 Å². The highest BCUT2D eigenvalue weighted by atomic mass is 32.2. The van der Waals surface area contributed by atoms with E-state index in [9.17, 15) is 27.1 Å². The molecule has 190 valence electrons. The molecule has 4 aliphatic carbocycles. The molecule has 4 saturated carbocycles. The fourth-order valence-electron chi connectivity index (χ4n) is 8.53. The summed E-state index contributed by atoms with van der Waals surface area (Å²) in [6, 6.07) is 0. The second-order valence-corrected chi connectivity index (χ2v) is 13.9. The van der Waals surface area contributed by atoms with Gasteiger partial charge in [-0.15, -0.1) is 0 Å². The Morgan fingerprint density at radius 3 is 2.56 bits per heavy atom. The summed E-state index contributed by atoms with van der Waals surface area (Å²) in [5, 5.41) is 14.5. The largest absolute Gasteiger partial charge is 0.384 e. The minimum atomic E-state index is -3.36. The van der Waals surface area contributed by atoms with E-state index in [0.717, 1.165) is 44.8 Å². The molecule has 4 fully saturated rings. The molecule has 1 aromatic heterocycles. The van der Waals surface area contributed by atoms with Crippen LogP contribution in [0.3, 0.4) is 0 Å². The molecule has 0 aromatic carbocycles. The molecule has 0 radical (unpaired) electrons. The van der Waals surface area contributed by atoms with Crippen LogP contribution in [-0.2, 0) is 21.2 Å². The van der Waals surface area contributed by atoms with Gasteiger partial charge in [0.05, 0.1) is 12.7 Å². The molecule has 0 amide bonds. The van der Waals surface area contributed by atoms with Crippen LogP contribution in [0.1, 0.15) is 64.7 Å². The van der Waals surface area contributed by atoms with Gasteiger partial charge >= 0.3 is 0 Å². The van der Waals surface area contributed by atoms with Crippen molar-refractivity contribution in [2.45, 2.75) is 88.2 Å². The van der Waals surface area contributed by atoms with Gasteiger partial charge in [-0.3, -0.25) is 9.48 Å². The quantitative estimate of drug-likeness (QED) is 0.660. The number of aromatic nitrogens is 2. The highest BCUT2D eigenvalue weighted by Gasteiger charge is 2.59. The van der Waals surface area contributed by atoms with Crippen molar-refractivity contribution in [1.82, 2.24) is 9.78 Å². The van der Waals surface area contributed by atoms with Crippen molar-refractivity contribution < 1.29 is 27.1 Å². The maximum absolute atomic E-state index is 13.4. The second kappa shape index (κ2) is 8.36. The van der Waals surface area contributed by atoms with Crippen LogP contribution in [0.4, 0.5) is 8.78 Å². The van der Waals surface area contributed by atoms with Gasteiger partial charge in [-0.25, -0.2) is 17.2 Å². The zero-order valence-corrected chi connectivity index (χ0v) is 20.8. The molecule has 4 aliphatic rings. The fraction of sp³-hybridized carbons (Fsp3) is 0.840. The molecule has 0 unspecified atom stereocenters. The van der Waals surface area contributed by atoms with Crippen LogP contribution >= 0.6 is 0 Å². The first kappa shape index (κ1) is 24.3. The standard InChI is InChI=1S/C25H36F2N2O4S/c1-24-9-7-18-17-8-10-25(31,23(26)27)11-15(17)3-4-19(18)20(24)5-6-21(24)22(30)14-29-13-16(12-28-29)34(2,32)33/h12-13,15,17-21,23,31H,3-11,14H2,1-2H3/t15-,17+,18-,19-,20+,21-,24+,25-/m1/s1. The first-order chi connectivity index (χ1) is 15.9. The Bertz CT molecular complexity index is 1060. The predicted octanol–water partition coefficient (Wildman–Crippen LogP) is 4.12. The summed E-state index contributed by atoms with van der Waals surface area (Å²) in [4.78, 5) is 13.5. The SMILES string of the molecule is C[C@]12CC[C@H]3[C@@H](CC[C@@H]4C[C@@](O)(C(F)F)CC[C@@H]43)[C@@H]1CC[C@@H]2C(=O)Cn1cc(S(C)(=O)=O)cn1. The summed E-state index contributed by atoms with van der Waals surface area (Å²) in [6.45, 7) is 2.35. The third-order valence-electron chi connectivity index (χ3n) is 10.2. The van der Waals surface area contributed by atoms with E-state index in [1.807, 2.05) is 0 Å². The molecule has 0 bridgehead atoms. The molecule has 0 aliphatic heterocycles. The van der Waals surface area contributed by atoms with Crippen molar-refractivity contribution in [1.29, 1.82) is 0 Å². The first-order valence-corrected chi connectivity index (χ1v) is 14.6. The lowest BCUT2D eigenvalue weighted by atomic mass is 9.49. The van der Waals surface area contributed by atoms with E-state index in [2.05, 4.69) is 12.0 Å². The average Bonchev–Trinajstić information content (AvgIpc) is 3.37. The number of rotatable bonds is 5. The summed E-state index contributed by atoms with van der Waals surface area (Å²) < 4.78 is 51.8. The first-order valence-electron chi connectivity index (χ1n) is 12.7. The van der Waals surface area contributed by atoms with Crippen LogP contribution in [0.5, 0.6) is 0 Å². The van der Waals surface area contributed by atoms with Crippen molar-refractivity contribution >= 4 is 15.6 Å². The van der Waals surface area contributed by atoms with E-state index < -0.39 is 21.9 Å². The van der Waals surface area contributed by atoms with Crippen molar-refractivity contribution in [3.63, 3.8) is 0 Å². The molecule has 6 nitrogen and oxygen atoms in total. The molecular formula is C25H36F2N2O4S. The minimum Gasteiger partial charge on any atom is -0.384 e. The Labute approximate surface area is 200 Å². The number of carbonyl (C=O) groups excluding carboxylic acids is 1. The molecule has 0 saturated heterocycles. The smallest absolute Gasteiger partial charge is 0.266 e. The molecule has 1 aromatic rings. The Kier molecular flexibility index (Phi) is 5.98. The molecule has 1 heterocycles. The maximum atomic E-state index is 13.4. The van der Waals surface area contributed by atoms with Gasteiger partial charge in [-0.1, -0.05) is 6.92 Å². The third kappa shape index (κ3) is 3.94. The molecular weight excluding hydrogens is 462 g/mol. The fourth-order valence-corrected chi connectivity index (χ4v) is 9.08. The summed E-state index contributed by atoms with van der Waals surface area (Å²) in [7, 11) is -3.36. The molecule has 8 atom stereocenters. The molecule has 9 heteroatoms. The Morgan fingerprint density at radius 1 is 1.15 bits per heavy atom. The number of Topliss-reactive ketones (excluding diaryl/α,β-unsaturated/α-hetero) is 1. The Morgan fingerprint density at radius 2 is 1.88 bits per heavy atom. The molecule has 34 heavy (non-hydrogen) atoms. The van der Waals surface area contributed by atoms with Crippen molar-refractivity contribution in [2.75, 3.05) is 6.26 Å². The van der Waals surface area contributed by atoms with Crippen LogP contribution in [0.2, 0.25) is 0 Å². The number of sulfone groups is 1. The number of hydrogen-bond acceptors (Lipinski definition) is 5. The van der Waals surface area contributed by atoms with Crippen molar-refractivity contribution in [3.8, 4) is 0 Å². The summed E-state index contributed by atoms with van der Waals surface area (Å²) in [6.07, 6.45) is 8.03. The Hall–Kier alpha value is -1.35. The number of fused-ring (bicyclic) bond motifs is 5. The van der Waals surface area contributed by atoms with Gasteiger partial charge in [0.2, 0.25) is 0 Å². The molecule has 1 N–H and O–H groups in total. The van der Waals surface area contributed by atoms with Crippen LogP contribution in [0.15, 0.2) is 17.3 Å². The number of hydrogen-bond donors (Lipinski definition) is 1. The zero-order valence-electron chi connectivity index (χ0n) is 20.0. The minimum absolute atomic E-state index is 0.0580. The normalized spacial score (nSPS) is 42.2. The van der Waals surface area contributed by atoms with Gasteiger partial charge in [0.15, 0.2) is 15.6 Å². The van der Waals surface area contributed by atoms with Crippen molar-refractivity contribution in [2.24, 2.45) is 40.9 Å². The predicted molar refractivity (Wildman–Crippen MR) is 122 cm³/mol. The lowest BCUT2D eigenvalue weighted by molar-refractivity contribution is -0.160. The highest BCUT2D eigenvalue weighted by molar-refractivity contribution is 7.90. The highest BCUT2D eigenvalue weighted by Crippen LogP contribution is 2.65. The number of ketones is 1. The molecule has 5 rings (SSSR count). The van der Waals surface area contributed by atoms with Crippen LogP contribution in [-0.4, -0.2) is 47.4 Å². The van der Waals surface area contributed by atoms with Crippen molar-refractivity contribution in [3.05, 3.63) is 12.4 Å². The van der Waals surface area contributed by atoms with E-state index >= 15 is 0 Å². The number of halogens is 2. The van der Waals surface area contributed by atoms with E-state index in [1.54, 1.807) is 0 Å². The van der Waals surface area contributed by atoms with E-state index in [-0.39, 0.29) is 47.3 Å². The van der Waals surface area contributed by atoms with Gasteiger partial charge in [0.25, 0.3) is 6.43 Å². The summed E-state index contributed by atoms with van der Waals surface area (Å²) in [5.41, 5.74) is -1.89. The van der Waals surface area contributed by atoms with Crippen LogP contribution in [0, 0.1) is 40.9 Å². The van der Waals surface area contributed by atoms with E-state index in [0.29, 0.717) is 30.1 Å². The number of aliphatic hydroxyl groups is 1. The monoisotopic (exact) mass is 498 g/mol. The third-order valence-corrected chi connectivity index (χ3v) is 11.3. The van der Waals surface area contributed by atoms with Crippen LogP contribution < -0.4 is 0 Å². The number of nitrogens with zero attached hydrogens (tertiary/aromatic N) is 2. The van der Waals surface area contributed by atoms with E-state index in [1.165, 1.54) is 17.1 Å². The Balaban J connectivity index is 1.28. The number of carbonyl (C=O) groups is 1. The van der Waals surface area contributed by atoms with E-state index in [4.69, 9.17) is 0 Å². The number of alkyl halides is 2. The topological polar surface area (TPSA) is 89.3 Å². The van der Waals surface area contributed by atoms with Gasteiger partial charge in [0, 0.05) is 18.4 Å². The molecule has 0 spiro atoms. The maximum Gasteiger partial charge on any atom is 0.266 e. The van der Waals surface area contributed by atoms with Gasteiger partial charge in [0.1, 0.15) is 10.5 Å². The van der Waals surface area contributed by atoms with Gasteiger partial charge in [-0.05, 0) is 92.8 Å². The second-order valence-electron chi connectivity index (χ2n) is 11.9. The lowest BCUT2D eigenvalue weighted by Gasteiger charge is -2.57. The van der Waals surface area contributed by atoms with Gasteiger partial charge in [-0.2, -0.15) is 5.10 Å². The zero-order chi connectivity index (χ0) is 24.5. The average molecular weight is 499 g/mol.